The van der Waals surface area contributed by atoms with Crippen LogP contribution in [-0.4, -0.2) is 58.0 Å². The lowest BCUT2D eigenvalue weighted by Crippen LogP contribution is -2.55. The normalized spacial score (nSPS) is 18.1. The lowest BCUT2D eigenvalue weighted by molar-refractivity contribution is -0.132. The molecule has 0 aliphatic carbocycles. The Labute approximate surface area is 149 Å². The molecule has 0 saturated carbocycles. The molecular weight excluding hydrogens is 336 g/mol. The number of H-pyrrole nitrogens is 1. The van der Waals surface area contributed by atoms with Crippen LogP contribution < -0.4 is 10.6 Å². The Kier molecular flexibility index (Phi) is 4.14. The van der Waals surface area contributed by atoms with Crippen LogP contribution in [0.4, 0.5) is 5.00 Å². The number of thiazole rings is 1. The van der Waals surface area contributed by atoms with Crippen molar-refractivity contribution in [3.05, 3.63) is 29.8 Å². The van der Waals surface area contributed by atoms with Gasteiger partial charge < -0.3 is 20.5 Å². The summed E-state index contributed by atoms with van der Waals surface area (Å²) in [4.78, 5) is 28.6. The van der Waals surface area contributed by atoms with Crippen LogP contribution in [0.1, 0.15) is 6.92 Å². The average molecular weight is 356 g/mol. The summed E-state index contributed by atoms with van der Waals surface area (Å²) in [5.74, 6) is 0.791. The van der Waals surface area contributed by atoms with Gasteiger partial charge in [-0.2, -0.15) is 0 Å². The Bertz CT molecular complexity index is 870. The van der Waals surface area contributed by atoms with Crippen molar-refractivity contribution in [2.75, 3.05) is 31.1 Å². The molecule has 25 heavy (non-hydrogen) atoms. The monoisotopic (exact) mass is 356 g/mol. The molecule has 3 heterocycles. The molecule has 3 N–H and O–H groups in total. The number of nitrogens with one attached hydrogen (secondary N) is 1. The van der Waals surface area contributed by atoms with Gasteiger partial charge in [0.25, 0.3) is 0 Å². The third kappa shape index (κ3) is 2.87. The predicted molar refractivity (Wildman–Crippen MR) is 99.6 cm³/mol. The molecule has 1 atom stereocenters. The highest BCUT2D eigenvalue weighted by molar-refractivity contribution is 7.14. The fourth-order valence-corrected chi connectivity index (χ4v) is 4.16. The van der Waals surface area contributed by atoms with E-state index in [0.29, 0.717) is 6.54 Å². The van der Waals surface area contributed by atoms with Gasteiger partial charge in [-0.1, -0.05) is 12.1 Å². The SMILES string of the molecule is C[C@@H]1CN(c2scnc2-c2nc3ccccc3[nH]2)CCN1C(=O)CN. The molecular formula is C17H20N6OS. The fraction of sp³-hybridized carbons (Fsp3) is 0.353. The number of aromatic nitrogens is 3. The summed E-state index contributed by atoms with van der Waals surface area (Å²) in [5, 5.41) is 1.09. The summed E-state index contributed by atoms with van der Waals surface area (Å²) < 4.78 is 0. The van der Waals surface area contributed by atoms with Gasteiger partial charge in [-0.15, -0.1) is 11.3 Å². The Morgan fingerprint density at radius 2 is 2.24 bits per heavy atom. The number of aromatic amines is 1. The molecule has 3 aromatic rings. The highest BCUT2D eigenvalue weighted by Gasteiger charge is 2.29. The number of carbonyl (C=O) groups excluding carboxylic acids is 1. The van der Waals surface area contributed by atoms with Gasteiger partial charge in [0, 0.05) is 25.7 Å². The van der Waals surface area contributed by atoms with E-state index in [0.717, 1.165) is 40.6 Å². The van der Waals surface area contributed by atoms with E-state index in [1.54, 1.807) is 11.3 Å². The second-order valence-corrected chi connectivity index (χ2v) is 7.03. The third-order valence-corrected chi connectivity index (χ3v) is 5.46. The highest BCUT2D eigenvalue weighted by atomic mass is 32.1. The maximum absolute atomic E-state index is 11.9. The van der Waals surface area contributed by atoms with Crippen LogP contribution in [0.15, 0.2) is 29.8 Å². The van der Waals surface area contributed by atoms with E-state index in [1.807, 2.05) is 34.7 Å². The molecule has 1 fully saturated rings. The van der Waals surface area contributed by atoms with E-state index in [2.05, 4.69) is 26.8 Å². The predicted octanol–water partition coefficient (Wildman–Crippen LogP) is 1.68. The van der Waals surface area contributed by atoms with E-state index >= 15 is 0 Å². The van der Waals surface area contributed by atoms with E-state index in [9.17, 15) is 4.79 Å². The van der Waals surface area contributed by atoms with E-state index in [4.69, 9.17) is 5.73 Å². The van der Waals surface area contributed by atoms with Gasteiger partial charge in [-0.25, -0.2) is 9.97 Å². The van der Waals surface area contributed by atoms with Crippen LogP contribution in [0.5, 0.6) is 0 Å². The van der Waals surface area contributed by atoms with Crippen molar-refractivity contribution < 1.29 is 4.79 Å². The standard InChI is InChI=1S/C17H20N6OS/c1-11-9-22(6-7-23(11)14(24)8-18)17-15(19-10-25-17)16-20-12-4-2-3-5-13(12)21-16/h2-5,10-11H,6-9,18H2,1H3,(H,20,21)/t11-/m1/s1. The van der Waals surface area contributed by atoms with E-state index in [-0.39, 0.29) is 18.5 Å². The summed E-state index contributed by atoms with van der Waals surface area (Å²) in [7, 11) is 0. The molecule has 1 aromatic carbocycles. The topological polar surface area (TPSA) is 91.1 Å². The van der Waals surface area contributed by atoms with E-state index in [1.165, 1.54) is 0 Å². The number of nitrogens with two attached hydrogens (primary N) is 1. The number of para-hydroxylation sites is 2. The number of anilines is 1. The minimum absolute atomic E-state index is 0.00830. The minimum Gasteiger partial charge on any atom is -0.358 e. The van der Waals surface area contributed by atoms with Gasteiger partial charge in [0.15, 0.2) is 5.82 Å². The number of hydrogen-bond donors (Lipinski definition) is 2. The zero-order valence-corrected chi connectivity index (χ0v) is 14.8. The lowest BCUT2D eigenvalue weighted by Gasteiger charge is -2.40. The van der Waals surface area contributed by atoms with Gasteiger partial charge >= 0.3 is 0 Å². The second kappa shape index (κ2) is 6.45. The first kappa shape index (κ1) is 16.0. The highest BCUT2D eigenvalue weighted by Crippen LogP contribution is 2.34. The Morgan fingerprint density at radius 1 is 1.40 bits per heavy atom. The van der Waals surface area contributed by atoms with Crippen LogP contribution in [-0.2, 0) is 4.79 Å². The summed E-state index contributed by atoms with van der Waals surface area (Å²) in [6, 6.07) is 8.08. The smallest absolute Gasteiger partial charge is 0.236 e. The molecule has 0 radical (unpaired) electrons. The number of imidazole rings is 1. The number of hydrogen-bond acceptors (Lipinski definition) is 6. The van der Waals surface area contributed by atoms with Gasteiger partial charge in [0.05, 0.1) is 23.1 Å². The summed E-state index contributed by atoms with van der Waals surface area (Å²) in [5.41, 5.74) is 10.2. The molecule has 4 rings (SSSR count). The van der Waals surface area contributed by atoms with Gasteiger partial charge in [-0.05, 0) is 19.1 Å². The van der Waals surface area contributed by atoms with Crippen LogP contribution >= 0.6 is 11.3 Å². The van der Waals surface area contributed by atoms with Crippen molar-refractivity contribution in [1.29, 1.82) is 0 Å². The second-order valence-electron chi connectivity index (χ2n) is 6.19. The molecule has 0 bridgehead atoms. The number of benzene rings is 1. The van der Waals surface area contributed by atoms with Crippen molar-refractivity contribution in [3.63, 3.8) is 0 Å². The maximum Gasteiger partial charge on any atom is 0.236 e. The number of rotatable bonds is 3. The number of carbonyl (C=O) groups is 1. The first-order valence-corrected chi connectivity index (χ1v) is 9.18. The van der Waals surface area contributed by atoms with Gasteiger partial charge in [0.1, 0.15) is 10.7 Å². The Balaban J connectivity index is 1.61. The molecule has 1 aliphatic rings. The average Bonchev–Trinajstić information content (AvgIpc) is 3.27. The molecule has 130 valence electrons. The van der Waals surface area contributed by atoms with Crippen LogP contribution in [0.3, 0.4) is 0 Å². The molecule has 7 nitrogen and oxygen atoms in total. The van der Waals surface area contributed by atoms with Crippen LogP contribution in [0.25, 0.3) is 22.6 Å². The van der Waals surface area contributed by atoms with Crippen molar-refractivity contribution in [3.8, 4) is 11.5 Å². The first-order valence-electron chi connectivity index (χ1n) is 8.30. The maximum atomic E-state index is 11.9. The molecule has 2 aromatic heterocycles. The molecule has 0 unspecified atom stereocenters. The van der Waals surface area contributed by atoms with Gasteiger partial charge in [0.2, 0.25) is 5.91 Å². The summed E-state index contributed by atoms with van der Waals surface area (Å²) in [6.07, 6.45) is 0. The molecule has 1 amide bonds. The quantitative estimate of drug-likeness (QED) is 0.745. The van der Waals surface area contributed by atoms with Crippen LogP contribution in [0, 0.1) is 0 Å². The fourth-order valence-electron chi connectivity index (χ4n) is 3.32. The Hall–Kier alpha value is -2.45. The number of amides is 1. The molecule has 1 saturated heterocycles. The zero-order valence-electron chi connectivity index (χ0n) is 14.0. The molecule has 0 spiro atoms. The lowest BCUT2D eigenvalue weighted by atomic mass is 10.2. The number of piperazine rings is 1. The summed E-state index contributed by atoms with van der Waals surface area (Å²) >= 11 is 1.60. The third-order valence-electron chi connectivity index (χ3n) is 4.57. The van der Waals surface area contributed by atoms with Crippen molar-refractivity contribution in [2.45, 2.75) is 13.0 Å². The van der Waals surface area contributed by atoms with Crippen molar-refractivity contribution in [2.24, 2.45) is 5.73 Å². The largest absolute Gasteiger partial charge is 0.358 e. The van der Waals surface area contributed by atoms with Crippen molar-refractivity contribution >= 4 is 33.3 Å². The number of fused-ring (bicyclic) bond motifs is 1. The zero-order chi connectivity index (χ0) is 17.4. The van der Waals surface area contributed by atoms with E-state index < -0.39 is 0 Å². The molecule has 8 heteroatoms. The van der Waals surface area contributed by atoms with Gasteiger partial charge in [-0.3, -0.25) is 4.79 Å². The van der Waals surface area contributed by atoms with Crippen LogP contribution in [0.2, 0.25) is 0 Å². The summed E-state index contributed by atoms with van der Waals surface area (Å²) in [6.45, 7) is 4.33. The number of nitrogens with zero attached hydrogens (tertiary/aromatic N) is 4. The Morgan fingerprint density at radius 3 is 3.00 bits per heavy atom. The minimum atomic E-state index is 0.00830. The molecule has 1 aliphatic heterocycles. The first-order chi connectivity index (χ1) is 12.2. The van der Waals surface area contributed by atoms with Crippen molar-refractivity contribution in [1.82, 2.24) is 19.9 Å².